The first-order valence-corrected chi connectivity index (χ1v) is 9.57. The van der Waals surface area contributed by atoms with E-state index in [1.165, 1.54) is 30.9 Å². The first-order valence-electron chi connectivity index (χ1n) is 9.57. The van der Waals surface area contributed by atoms with Gasteiger partial charge < -0.3 is 14.6 Å². The lowest BCUT2D eigenvalue weighted by atomic mass is 9.93. The van der Waals surface area contributed by atoms with Crippen LogP contribution in [0.25, 0.3) is 11.2 Å². The summed E-state index contributed by atoms with van der Waals surface area (Å²) in [7, 11) is 1.54. The summed E-state index contributed by atoms with van der Waals surface area (Å²) >= 11 is 0. The second-order valence-electron chi connectivity index (χ2n) is 7.87. The van der Waals surface area contributed by atoms with Crippen LogP contribution in [0.2, 0.25) is 0 Å². The molecule has 2 aliphatic rings. The molecule has 1 saturated carbocycles. The number of aryl methyl sites for hydroxylation is 1. The molecule has 0 amide bonds. The zero-order chi connectivity index (χ0) is 19.3. The summed E-state index contributed by atoms with van der Waals surface area (Å²) in [6.07, 6.45) is 5.86. The molecule has 0 spiro atoms. The second kappa shape index (κ2) is 6.54. The minimum absolute atomic E-state index is 0.320. The Morgan fingerprint density at radius 1 is 1.19 bits per heavy atom. The van der Waals surface area contributed by atoms with Crippen LogP contribution in [0, 0.1) is 5.92 Å². The lowest BCUT2D eigenvalue weighted by Gasteiger charge is -2.40. The maximum Gasteiger partial charge on any atom is 0.333 e. The third kappa shape index (κ3) is 2.85. The minimum Gasteiger partial charge on any atom is -0.480 e. The highest BCUT2D eigenvalue weighted by molar-refractivity contribution is 5.75. The molecule has 2 aromatic heterocycles. The molecule has 0 bridgehead atoms. The second-order valence-corrected chi connectivity index (χ2v) is 7.87. The quantitative estimate of drug-likeness (QED) is 0.850. The van der Waals surface area contributed by atoms with Crippen molar-refractivity contribution in [3.8, 4) is 0 Å². The van der Waals surface area contributed by atoms with Gasteiger partial charge in [0.25, 0.3) is 5.56 Å². The number of anilines is 1. The van der Waals surface area contributed by atoms with Crippen LogP contribution in [0.1, 0.15) is 39.0 Å². The monoisotopic (exact) mass is 375 g/mol. The number of carboxylic acid groups (broad SMARTS) is 1. The third-order valence-electron chi connectivity index (χ3n) is 5.78. The molecule has 146 valence electrons. The fraction of sp³-hybridized carbons (Fsp3) is 0.667. The van der Waals surface area contributed by atoms with Crippen LogP contribution >= 0.6 is 0 Å². The van der Waals surface area contributed by atoms with E-state index in [1.54, 1.807) is 0 Å². The summed E-state index contributed by atoms with van der Waals surface area (Å²) in [4.78, 5) is 43.6. The van der Waals surface area contributed by atoms with Crippen molar-refractivity contribution in [1.29, 1.82) is 0 Å². The number of aliphatic carboxylic acids is 1. The van der Waals surface area contributed by atoms with Crippen LogP contribution in [0.5, 0.6) is 0 Å². The number of carboxylic acids is 1. The van der Waals surface area contributed by atoms with Crippen molar-refractivity contribution in [2.45, 2.75) is 58.2 Å². The minimum atomic E-state index is -1.22. The molecule has 9 heteroatoms. The smallest absolute Gasteiger partial charge is 0.333 e. The maximum atomic E-state index is 13.0. The Morgan fingerprint density at radius 3 is 2.56 bits per heavy atom. The Morgan fingerprint density at radius 2 is 1.89 bits per heavy atom. The van der Waals surface area contributed by atoms with Gasteiger partial charge in [-0.05, 0) is 18.8 Å². The molecular formula is C18H25N5O4. The van der Waals surface area contributed by atoms with Gasteiger partial charge in [0.15, 0.2) is 11.2 Å². The zero-order valence-corrected chi connectivity index (χ0v) is 15.7. The van der Waals surface area contributed by atoms with Gasteiger partial charge in [-0.1, -0.05) is 26.2 Å². The molecule has 27 heavy (non-hydrogen) atoms. The van der Waals surface area contributed by atoms with E-state index in [0.717, 1.165) is 29.9 Å². The molecule has 1 atom stereocenters. The summed E-state index contributed by atoms with van der Waals surface area (Å²) in [6, 6.07) is 0.398. The molecular weight excluding hydrogens is 350 g/mol. The molecule has 1 aliphatic heterocycles. The van der Waals surface area contributed by atoms with E-state index in [4.69, 9.17) is 5.11 Å². The normalized spacial score (nSPS) is 20.8. The predicted octanol–water partition coefficient (Wildman–Crippen LogP) is 0.770. The molecule has 1 aliphatic carbocycles. The zero-order valence-electron chi connectivity index (χ0n) is 15.7. The van der Waals surface area contributed by atoms with Gasteiger partial charge in [-0.3, -0.25) is 14.2 Å². The largest absolute Gasteiger partial charge is 0.480 e. The van der Waals surface area contributed by atoms with Gasteiger partial charge >= 0.3 is 11.7 Å². The van der Waals surface area contributed by atoms with E-state index >= 15 is 0 Å². The number of hydrogen-bond acceptors (Lipinski definition) is 5. The summed E-state index contributed by atoms with van der Waals surface area (Å²) in [6.45, 7) is 3.01. The van der Waals surface area contributed by atoms with Gasteiger partial charge in [-0.15, -0.1) is 0 Å². The topological polar surface area (TPSA) is 102 Å². The molecule has 0 aromatic carbocycles. The molecule has 0 radical (unpaired) electrons. The SMILES string of the molecule is C[C@H]1CN(C2CCCCC2)c2nc3c(c(=O)n(CC(=O)O)c(=O)n3C)n2C1. The van der Waals surface area contributed by atoms with Crippen LogP contribution in [-0.4, -0.2) is 42.3 Å². The maximum absolute atomic E-state index is 13.0. The van der Waals surface area contributed by atoms with Gasteiger partial charge in [0, 0.05) is 26.2 Å². The van der Waals surface area contributed by atoms with E-state index in [-0.39, 0.29) is 0 Å². The highest BCUT2D eigenvalue weighted by Gasteiger charge is 2.33. The summed E-state index contributed by atoms with van der Waals surface area (Å²) < 4.78 is 3.96. The molecule has 0 saturated heterocycles. The Labute approximate surface area is 155 Å². The highest BCUT2D eigenvalue weighted by atomic mass is 16.4. The van der Waals surface area contributed by atoms with E-state index < -0.39 is 23.8 Å². The van der Waals surface area contributed by atoms with Crippen molar-refractivity contribution in [3.63, 3.8) is 0 Å². The van der Waals surface area contributed by atoms with Gasteiger partial charge in [0.1, 0.15) is 6.54 Å². The van der Waals surface area contributed by atoms with Crippen molar-refractivity contribution in [3.05, 3.63) is 20.8 Å². The average molecular weight is 375 g/mol. The number of fused-ring (bicyclic) bond motifs is 3. The van der Waals surface area contributed by atoms with Crippen molar-refractivity contribution in [2.75, 3.05) is 11.4 Å². The summed E-state index contributed by atoms with van der Waals surface area (Å²) in [5, 5.41) is 9.08. The Bertz CT molecular complexity index is 1010. The Kier molecular flexibility index (Phi) is 4.32. The molecule has 4 rings (SSSR count). The van der Waals surface area contributed by atoms with Gasteiger partial charge in [0.05, 0.1) is 0 Å². The predicted molar refractivity (Wildman–Crippen MR) is 100 cm³/mol. The van der Waals surface area contributed by atoms with Crippen molar-refractivity contribution >= 4 is 23.1 Å². The fourth-order valence-electron chi connectivity index (χ4n) is 4.52. The Hall–Kier alpha value is -2.58. The van der Waals surface area contributed by atoms with E-state index in [9.17, 15) is 14.4 Å². The average Bonchev–Trinajstić information content (AvgIpc) is 3.03. The van der Waals surface area contributed by atoms with E-state index in [1.807, 2.05) is 4.57 Å². The van der Waals surface area contributed by atoms with Gasteiger partial charge in [0.2, 0.25) is 5.95 Å². The lowest BCUT2D eigenvalue weighted by Crippen LogP contribution is -2.45. The molecule has 1 fully saturated rings. The van der Waals surface area contributed by atoms with Gasteiger partial charge in [-0.2, -0.15) is 4.98 Å². The number of imidazole rings is 1. The van der Waals surface area contributed by atoms with Crippen molar-refractivity contribution in [2.24, 2.45) is 13.0 Å². The first-order chi connectivity index (χ1) is 12.9. The molecule has 1 N–H and O–H groups in total. The number of nitrogens with zero attached hydrogens (tertiary/aromatic N) is 5. The van der Waals surface area contributed by atoms with Crippen molar-refractivity contribution < 1.29 is 9.90 Å². The Balaban J connectivity index is 1.94. The number of hydrogen-bond donors (Lipinski definition) is 1. The van der Waals surface area contributed by atoms with Crippen LogP contribution in [0.4, 0.5) is 5.95 Å². The highest BCUT2D eigenvalue weighted by Crippen LogP contribution is 2.32. The molecule has 0 unspecified atom stereocenters. The van der Waals surface area contributed by atoms with Crippen molar-refractivity contribution in [1.82, 2.24) is 18.7 Å². The fourth-order valence-corrected chi connectivity index (χ4v) is 4.52. The molecule has 9 nitrogen and oxygen atoms in total. The molecule has 2 aromatic rings. The standard InChI is InChI=1S/C18H25N5O4/c1-11-8-21(12-6-4-3-5-7-12)17-19-15-14(22(17)9-11)16(26)23(10-13(24)25)18(27)20(15)2/h11-12H,3-10H2,1-2H3,(H,24,25)/t11-/m0/s1. The third-order valence-corrected chi connectivity index (χ3v) is 5.78. The first kappa shape index (κ1) is 17.8. The number of rotatable bonds is 3. The van der Waals surface area contributed by atoms with E-state index in [0.29, 0.717) is 29.7 Å². The van der Waals surface area contributed by atoms with Crippen LogP contribution < -0.4 is 16.1 Å². The summed E-state index contributed by atoms with van der Waals surface area (Å²) in [5.41, 5.74) is -0.577. The summed E-state index contributed by atoms with van der Waals surface area (Å²) in [5.74, 6) is -0.152. The van der Waals surface area contributed by atoms with E-state index in [2.05, 4.69) is 16.8 Å². The molecule has 3 heterocycles. The number of aromatic nitrogens is 4. The van der Waals surface area contributed by atoms with Crippen LogP contribution in [0.15, 0.2) is 9.59 Å². The lowest BCUT2D eigenvalue weighted by molar-refractivity contribution is -0.137. The van der Waals surface area contributed by atoms with Crippen LogP contribution in [-0.2, 0) is 24.9 Å². The number of carbonyl (C=O) groups is 1. The van der Waals surface area contributed by atoms with Gasteiger partial charge in [-0.25, -0.2) is 9.36 Å². The van der Waals surface area contributed by atoms with Crippen LogP contribution in [0.3, 0.4) is 0 Å².